The molecule has 2 N–H and O–H groups in total. The molecular formula is C13H26N2O2. The second kappa shape index (κ2) is 5.83. The quantitative estimate of drug-likeness (QED) is 0.789. The van der Waals surface area contributed by atoms with Crippen LogP contribution in [0.3, 0.4) is 0 Å². The van der Waals surface area contributed by atoms with Crippen molar-refractivity contribution in [3.8, 4) is 0 Å². The van der Waals surface area contributed by atoms with Gasteiger partial charge in [-0.2, -0.15) is 0 Å². The first-order chi connectivity index (χ1) is 7.85. The highest BCUT2D eigenvalue weighted by Crippen LogP contribution is 2.20. The lowest BCUT2D eigenvalue weighted by molar-refractivity contribution is -0.138. The molecule has 1 saturated heterocycles. The Morgan fingerprint density at radius 1 is 1.29 bits per heavy atom. The molecule has 1 unspecified atom stereocenters. The number of ether oxygens (including phenoxy) is 1. The standard InChI is InChI=1S/C13H26N2O2/c1-10(2)7-15(8-11(3)4)12(16)13(14)5-6-17-9-13/h10-11H,5-9,14H2,1-4H3. The van der Waals surface area contributed by atoms with Crippen molar-refractivity contribution in [2.75, 3.05) is 26.3 Å². The van der Waals surface area contributed by atoms with Gasteiger partial charge in [0, 0.05) is 19.7 Å². The summed E-state index contributed by atoms with van der Waals surface area (Å²) in [5, 5.41) is 0. The molecule has 0 aromatic rings. The van der Waals surface area contributed by atoms with E-state index >= 15 is 0 Å². The molecule has 17 heavy (non-hydrogen) atoms. The summed E-state index contributed by atoms with van der Waals surface area (Å²) in [7, 11) is 0. The normalized spacial score (nSPS) is 24.6. The number of carbonyl (C=O) groups excluding carboxylic acids is 1. The molecule has 4 heteroatoms. The first kappa shape index (κ1) is 14.5. The molecule has 1 aliphatic rings. The monoisotopic (exact) mass is 242 g/mol. The summed E-state index contributed by atoms with van der Waals surface area (Å²) >= 11 is 0. The first-order valence-corrected chi connectivity index (χ1v) is 6.51. The van der Waals surface area contributed by atoms with Gasteiger partial charge < -0.3 is 15.4 Å². The van der Waals surface area contributed by atoms with E-state index in [-0.39, 0.29) is 5.91 Å². The van der Waals surface area contributed by atoms with Crippen LogP contribution in [0.5, 0.6) is 0 Å². The molecule has 4 nitrogen and oxygen atoms in total. The minimum Gasteiger partial charge on any atom is -0.379 e. The summed E-state index contributed by atoms with van der Waals surface area (Å²) in [5.74, 6) is 0.977. The van der Waals surface area contributed by atoms with Crippen molar-refractivity contribution in [2.45, 2.75) is 39.7 Å². The zero-order chi connectivity index (χ0) is 13.1. The van der Waals surface area contributed by atoms with Crippen LogP contribution in [0, 0.1) is 11.8 Å². The number of hydrogen-bond acceptors (Lipinski definition) is 3. The van der Waals surface area contributed by atoms with Crippen molar-refractivity contribution in [2.24, 2.45) is 17.6 Å². The second-order valence-corrected chi connectivity index (χ2v) is 5.96. The molecular weight excluding hydrogens is 216 g/mol. The molecule has 1 amide bonds. The third kappa shape index (κ3) is 3.96. The number of carbonyl (C=O) groups is 1. The van der Waals surface area contributed by atoms with Crippen LogP contribution < -0.4 is 5.73 Å². The van der Waals surface area contributed by atoms with Crippen molar-refractivity contribution < 1.29 is 9.53 Å². The van der Waals surface area contributed by atoms with E-state index in [0.29, 0.717) is 31.5 Å². The highest BCUT2D eigenvalue weighted by atomic mass is 16.5. The van der Waals surface area contributed by atoms with Gasteiger partial charge >= 0.3 is 0 Å². The van der Waals surface area contributed by atoms with E-state index in [4.69, 9.17) is 10.5 Å². The average molecular weight is 242 g/mol. The summed E-state index contributed by atoms with van der Waals surface area (Å²) in [6, 6.07) is 0. The Kier molecular flexibility index (Phi) is 4.95. The Morgan fingerprint density at radius 2 is 1.82 bits per heavy atom. The SMILES string of the molecule is CC(C)CN(CC(C)C)C(=O)C1(N)CCOC1. The van der Waals surface area contributed by atoms with Gasteiger partial charge in [-0.15, -0.1) is 0 Å². The molecule has 0 saturated carbocycles. The topological polar surface area (TPSA) is 55.6 Å². The number of nitrogens with zero attached hydrogens (tertiary/aromatic N) is 1. The molecule has 1 heterocycles. The summed E-state index contributed by atoms with van der Waals surface area (Å²) in [6.45, 7) is 11.0. The molecule has 0 radical (unpaired) electrons. The molecule has 0 aliphatic carbocycles. The van der Waals surface area contributed by atoms with Crippen LogP contribution in [0.1, 0.15) is 34.1 Å². The summed E-state index contributed by atoms with van der Waals surface area (Å²) in [6.07, 6.45) is 0.637. The predicted octanol–water partition coefficient (Wildman–Crippen LogP) is 1.24. The van der Waals surface area contributed by atoms with Gasteiger partial charge in [-0.05, 0) is 18.3 Å². The second-order valence-electron chi connectivity index (χ2n) is 5.96. The van der Waals surface area contributed by atoms with Gasteiger partial charge in [0.05, 0.1) is 6.61 Å². The van der Waals surface area contributed by atoms with Gasteiger partial charge in [0.15, 0.2) is 0 Å². The molecule has 0 aromatic carbocycles. The third-order valence-electron chi connectivity index (χ3n) is 2.94. The van der Waals surface area contributed by atoms with Crippen LogP contribution in [0.4, 0.5) is 0 Å². The summed E-state index contributed by atoms with van der Waals surface area (Å²) < 4.78 is 5.27. The van der Waals surface area contributed by atoms with Gasteiger partial charge in [0.2, 0.25) is 5.91 Å². The maximum Gasteiger partial charge on any atom is 0.245 e. The Bertz CT molecular complexity index is 248. The number of hydrogen-bond donors (Lipinski definition) is 1. The Labute approximate surface area is 104 Å². The fourth-order valence-electron chi connectivity index (χ4n) is 2.19. The van der Waals surface area contributed by atoms with E-state index in [1.54, 1.807) is 0 Å². The molecule has 1 aliphatic heterocycles. The van der Waals surface area contributed by atoms with Gasteiger partial charge in [0.25, 0.3) is 0 Å². The van der Waals surface area contributed by atoms with Crippen LogP contribution in [-0.2, 0) is 9.53 Å². The number of amides is 1. The Balaban J connectivity index is 2.70. The molecule has 1 fully saturated rings. The lowest BCUT2D eigenvalue weighted by atomic mass is 9.97. The average Bonchev–Trinajstić information content (AvgIpc) is 2.63. The fraction of sp³-hybridized carbons (Fsp3) is 0.923. The van der Waals surface area contributed by atoms with Crippen molar-refractivity contribution in [1.82, 2.24) is 4.90 Å². The van der Waals surface area contributed by atoms with E-state index in [9.17, 15) is 4.79 Å². The molecule has 0 aromatic heterocycles. The van der Waals surface area contributed by atoms with Gasteiger partial charge in [-0.1, -0.05) is 27.7 Å². The highest BCUT2D eigenvalue weighted by molar-refractivity contribution is 5.86. The molecule has 0 spiro atoms. The molecule has 1 atom stereocenters. The number of rotatable bonds is 5. The lowest BCUT2D eigenvalue weighted by Crippen LogP contribution is -2.57. The smallest absolute Gasteiger partial charge is 0.245 e. The fourth-order valence-corrected chi connectivity index (χ4v) is 2.19. The van der Waals surface area contributed by atoms with Crippen molar-refractivity contribution in [1.29, 1.82) is 0 Å². The summed E-state index contributed by atoms with van der Waals surface area (Å²) in [4.78, 5) is 14.4. The van der Waals surface area contributed by atoms with Crippen LogP contribution in [-0.4, -0.2) is 42.6 Å². The largest absolute Gasteiger partial charge is 0.379 e. The van der Waals surface area contributed by atoms with E-state index in [0.717, 1.165) is 13.1 Å². The maximum absolute atomic E-state index is 12.5. The van der Waals surface area contributed by atoms with E-state index in [1.807, 2.05) is 4.90 Å². The zero-order valence-corrected chi connectivity index (χ0v) is 11.5. The highest BCUT2D eigenvalue weighted by Gasteiger charge is 2.41. The van der Waals surface area contributed by atoms with Gasteiger partial charge in [-0.3, -0.25) is 4.79 Å². The van der Waals surface area contributed by atoms with Crippen molar-refractivity contribution in [3.63, 3.8) is 0 Å². The maximum atomic E-state index is 12.5. The minimum atomic E-state index is -0.788. The lowest BCUT2D eigenvalue weighted by Gasteiger charge is -2.33. The minimum absolute atomic E-state index is 0.0531. The van der Waals surface area contributed by atoms with Crippen LogP contribution in [0.25, 0.3) is 0 Å². The van der Waals surface area contributed by atoms with E-state index in [2.05, 4.69) is 27.7 Å². The van der Waals surface area contributed by atoms with E-state index < -0.39 is 5.54 Å². The van der Waals surface area contributed by atoms with E-state index in [1.165, 1.54) is 0 Å². The Hall–Kier alpha value is -0.610. The van der Waals surface area contributed by atoms with Crippen LogP contribution >= 0.6 is 0 Å². The summed E-state index contributed by atoms with van der Waals surface area (Å²) in [5.41, 5.74) is 5.35. The van der Waals surface area contributed by atoms with Gasteiger partial charge in [0.1, 0.15) is 5.54 Å². The van der Waals surface area contributed by atoms with Crippen molar-refractivity contribution in [3.05, 3.63) is 0 Å². The number of nitrogens with two attached hydrogens (primary N) is 1. The predicted molar refractivity (Wildman–Crippen MR) is 68.6 cm³/mol. The van der Waals surface area contributed by atoms with Crippen LogP contribution in [0.2, 0.25) is 0 Å². The van der Waals surface area contributed by atoms with Gasteiger partial charge in [-0.25, -0.2) is 0 Å². The molecule has 1 rings (SSSR count). The first-order valence-electron chi connectivity index (χ1n) is 6.51. The Morgan fingerprint density at radius 3 is 2.18 bits per heavy atom. The third-order valence-corrected chi connectivity index (χ3v) is 2.94. The zero-order valence-electron chi connectivity index (χ0n) is 11.5. The van der Waals surface area contributed by atoms with Crippen molar-refractivity contribution >= 4 is 5.91 Å². The molecule has 100 valence electrons. The van der Waals surface area contributed by atoms with Crippen LogP contribution in [0.15, 0.2) is 0 Å². The molecule has 0 bridgehead atoms.